The Morgan fingerprint density at radius 3 is 1.85 bits per heavy atom. The molecule has 4 amide bonds. The second-order valence-corrected chi connectivity index (χ2v) is 8.27. The number of rotatable bonds is 2. The molecule has 0 fully saturated rings. The van der Waals surface area contributed by atoms with Gasteiger partial charge in [0.25, 0.3) is 0 Å². The molecule has 4 N–H and O–H groups in total. The Labute approximate surface area is 215 Å². The van der Waals surface area contributed by atoms with E-state index in [9.17, 15) is 19.2 Å². The topological polar surface area (TPSA) is 116 Å². The van der Waals surface area contributed by atoms with Gasteiger partial charge >= 0.3 is 0 Å². The number of carbonyl (C=O) groups excluding carboxylic acids is 4. The van der Waals surface area contributed by atoms with Gasteiger partial charge in [-0.05, 0) is 35.4 Å². The van der Waals surface area contributed by atoms with E-state index >= 15 is 0 Å². The highest BCUT2D eigenvalue weighted by molar-refractivity contribution is 9.93. The highest BCUT2D eigenvalue weighted by Crippen LogP contribution is 2.26. The number of nitrogens with one attached hydrogen (secondary N) is 4. The van der Waals surface area contributed by atoms with Crippen molar-refractivity contribution in [3.05, 3.63) is 58.1 Å². The quantitative estimate of drug-likeness (QED) is 0.397. The lowest BCUT2D eigenvalue weighted by Gasteiger charge is -2.25. The Bertz CT molecular complexity index is 1050. The van der Waals surface area contributed by atoms with Gasteiger partial charge in [-0.1, -0.05) is 34.1 Å². The summed E-state index contributed by atoms with van der Waals surface area (Å²) in [4.78, 5) is 45.0. The van der Waals surface area contributed by atoms with Crippen molar-refractivity contribution in [2.24, 2.45) is 0 Å². The van der Waals surface area contributed by atoms with Crippen LogP contribution in [0, 0.1) is 0 Å². The van der Waals surface area contributed by atoms with Crippen LogP contribution in [0.1, 0.15) is 25.0 Å². The predicted octanol–water partition coefficient (Wildman–Crippen LogP) is 3.83. The van der Waals surface area contributed by atoms with Gasteiger partial charge < -0.3 is 21.3 Å². The summed E-state index contributed by atoms with van der Waals surface area (Å²) in [5.41, 5.74) is 3.72. The smallest absolute Gasteiger partial charge is 0.247 e. The van der Waals surface area contributed by atoms with E-state index < -0.39 is 12.1 Å². The van der Waals surface area contributed by atoms with Crippen LogP contribution in [0.25, 0.3) is 0 Å². The van der Waals surface area contributed by atoms with Crippen LogP contribution in [0.2, 0.25) is 0 Å². The third-order valence-electron chi connectivity index (χ3n) is 4.84. The summed E-state index contributed by atoms with van der Waals surface area (Å²) in [5.74, 6) is -0.693. The number of halogens is 3. The normalized spacial score (nSPS) is 17.8. The number of para-hydroxylation sites is 1. The fraction of sp³-hybridized carbons (Fsp3) is 0.273. The standard InChI is InChI=1S/C11H11BrN2O2.C11H12N2O2.Br2/c1-6(15)13-10-5-7-4-8(12)2-3-9(7)14-11(10)16;1-7(14)12-10-6-8-4-2-3-5-9(8)13-11(10)15;1-2/h2-4,10H,5H2,1H3,(H,13,15)(H,14,16);2-5,10H,6H2,1H3,(H,12,14)(H,13,15);. The van der Waals surface area contributed by atoms with Gasteiger partial charge in [0.2, 0.25) is 23.6 Å². The molecule has 2 aliphatic rings. The second-order valence-electron chi connectivity index (χ2n) is 7.35. The molecular weight excluding hydrogens is 624 g/mol. The van der Waals surface area contributed by atoms with E-state index in [2.05, 4.69) is 65.5 Å². The first kappa shape index (κ1) is 27.0. The summed E-state index contributed by atoms with van der Waals surface area (Å²) in [7, 11) is 0. The van der Waals surface area contributed by atoms with Crippen molar-refractivity contribution in [3.8, 4) is 0 Å². The van der Waals surface area contributed by atoms with E-state index in [-0.39, 0.29) is 23.6 Å². The molecule has 0 saturated carbocycles. The lowest BCUT2D eigenvalue weighted by Crippen LogP contribution is -2.46. The Morgan fingerprint density at radius 2 is 1.30 bits per heavy atom. The summed E-state index contributed by atoms with van der Waals surface area (Å²) >= 11 is 8.88. The van der Waals surface area contributed by atoms with Gasteiger partial charge in [0.15, 0.2) is 0 Å². The van der Waals surface area contributed by atoms with E-state index in [1.807, 2.05) is 42.5 Å². The Hall–Kier alpha value is -2.24. The van der Waals surface area contributed by atoms with E-state index in [4.69, 9.17) is 0 Å². The first-order valence-electron chi connectivity index (χ1n) is 9.89. The molecule has 0 radical (unpaired) electrons. The van der Waals surface area contributed by atoms with E-state index in [1.165, 1.54) is 13.8 Å². The van der Waals surface area contributed by atoms with Crippen LogP contribution in [0.5, 0.6) is 0 Å². The lowest BCUT2D eigenvalue weighted by molar-refractivity contribution is -0.125. The molecule has 2 aromatic carbocycles. The summed E-state index contributed by atoms with van der Waals surface area (Å²) < 4.78 is 0.962. The van der Waals surface area contributed by atoms with Crippen molar-refractivity contribution < 1.29 is 19.2 Å². The summed E-state index contributed by atoms with van der Waals surface area (Å²) in [5, 5.41) is 10.8. The van der Waals surface area contributed by atoms with E-state index in [0.717, 1.165) is 27.0 Å². The van der Waals surface area contributed by atoms with Gasteiger partial charge in [-0.15, -0.1) is 0 Å². The largest absolute Gasteiger partial charge is 0.344 e. The highest BCUT2D eigenvalue weighted by atomic mass is 80.9. The molecule has 0 saturated heterocycles. The minimum absolute atomic E-state index is 0.149. The molecule has 2 atom stereocenters. The van der Waals surface area contributed by atoms with E-state index in [1.54, 1.807) is 0 Å². The molecule has 2 aliphatic heterocycles. The van der Waals surface area contributed by atoms with Crippen LogP contribution < -0.4 is 21.3 Å². The van der Waals surface area contributed by atoms with Gasteiger partial charge in [-0.25, -0.2) is 0 Å². The highest BCUT2D eigenvalue weighted by Gasteiger charge is 2.27. The molecule has 2 unspecified atom stereocenters. The number of hydrogen-bond donors (Lipinski definition) is 4. The third-order valence-corrected chi connectivity index (χ3v) is 5.33. The Balaban J connectivity index is 0.000000218. The minimum Gasteiger partial charge on any atom is -0.344 e. The van der Waals surface area contributed by atoms with Crippen LogP contribution in [-0.4, -0.2) is 35.7 Å². The number of carbonyl (C=O) groups is 4. The van der Waals surface area contributed by atoms with Crippen LogP contribution in [0.15, 0.2) is 46.9 Å². The molecule has 8 nitrogen and oxygen atoms in total. The maximum Gasteiger partial charge on any atom is 0.247 e. The molecule has 33 heavy (non-hydrogen) atoms. The average Bonchev–Trinajstić information content (AvgIpc) is 2.76. The average molecular weight is 647 g/mol. The molecule has 0 bridgehead atoms. The van der Waals surface area contributed by atoms with Crippen molar-refractivity contribution in [2.45, 2.75) is 38.8 Å². The number of benzene rings is 2. The molecule has 0 spiro atoms. The predicted molar refractivity (Wildman–Crippen MR) is 138 cm³/mol. The molecule has 2 heterocycles. The molecule has 2 aromatic rings. The van der Waals surface area contributed by atoms with Gasteiger partial charge in [0, 0.05) is 70.8 Å². The number of amides is 4. The van der Waals surface area contributed by atoms with Crippen molar-refractivity contribution in [2.75, 3.05) is 10.6 Å². The van der Waals surface area contributed by atoms with Crippen molar-refractivity contribution in [1.29, 1.82) is 0 Å². The maximum absolute atomic E-state index is 11.6. The minimum atomic E-state index is -0.473. The van der Waals surface area contributed by atoms with Gasteiger partial charge in [-0.2, -0.15) is 0 Å². The maximum atomic E-state index is 11.6. The fourth-order valence-electron chi connectivity index (χ4n) is 3.46. The monoisotopic (exact) mass is 644 g/mol. The molecule has 4 rings (SSSR count). The molecular formula is C22H23Br3N4O4. The van der Waals surface area contributed by atoms with Crippen LogP contribution >= 0.6 is 44.2 Å². The molecule has 176 valence electrons. The zero-order valence-electron chi connectivity index (χ0n) is 17.9. The number of fused-ring (bicyclic) bond motifs is 2. The number of anilines is 2. The Morgan fingerprint density at radius 1 is 0.818 bits per heavy atom. The van der Waals surface area contributed by atoms with Crippen molar-refractivity contribution >= 4 is 79.2 Å². The summed E-state index contributed by atoms with van der Waals surface area (Å²) in [6.45, 7) is 2.82. The third kappa shape index (κ3) is 7.94. The first-order valence-corrected chi connectivity index (χ1v) is 14.4. The van der Waals surface area contributed by atoms with Gasteiger partial charge in [0.1, 0.15) is 12.1 Å². The van der Waals surface area contributed by atoms with E-state index in [0.29, 0.717) is 12.8 Å². The summed E-state index contributed by atoms with van der Waals surface area (Å²) in [6.07, 6.45) is 1.09. The zero-order chi connectivity index (χ0) is 24.5. The van der Waals surface area contributed by atoms with Crippen LogP contribution in [0.3, 0.4) is 0 Å². The SMILES string of the molecule is BrBr.CC(=O)NC1Cc2cc(Br)ccc2NC1=O.CC(=O)NC1Cc2ccccc2NC1=O. The van der Waals surface area contributed by atoms with Gasteiger partial charge in [0.05, 0.1) is 0 Å². The van der Waals surface area contributed by atoms with Crippen LogP contribution in [-0.2, 0) is 32.0 Å². The molecule has 11 heteroatoms. The Kier molecular flexibility index (Phi) is 10.5. The second kappa shape index (κ2) is 12.9. The van der Waals surface area contributed by atoms with Crippen molar-refractivity contribution in [1.82, 2.24) is 10.6 Å². The molecule has 0 aromatic heterocycles. The van der Waals surface area contributed by atoms with Crippen molar-refractivity contribution in [3.63, 3.8) is 0 Å². The summed E-state index contributed by atoms with van der Waals surface area (Å²) in [6, 6.07) is 12.3. The fourth-order valence-corrected chi connectivity index (χ4v) is 3.87. The first-order chi connectivity index (χ1) is 15.7. The lowest BCUT2D eigenvalue weighted by atomic mass is 9.99. The molecule has 0 aliphatic carbocycles. The zero-order valence-corrected chi connectivity index (χ0v) is 22.6. The number of hydrogen-bond acceptors (Lipinski definition) is 4. The van der Waals surface area contributed by atoms with Gasteiger partial charge in [-0.3, -0.25) is 19.2 Å². The van der Waals surface area contributed by atoms with Crippen LogP contribution in [0.4, 0.5) is 11.4 Å².